The molecule has 0 spiro atoms. The lowest BCUT2D eigenvalue weighted by atomic mass is 10.2. The molecule has 0 aromatic heterocycles. The average molecular weight is 201 g/mol. The van der Waals surface area contributed by atoms with Gasteiger partial charge in [-0.3, -0.25) is 0 Å². The van der Waals surface area contributed by atoms with Crippen LogP contribution in [0, 0.1) is 11.3 Å². The van der Waals surface area contributed by atoms with Crippen molar-refractivity contribution in [3.05, 3.63) is 0 Å². The summed E-state index contributed by atoms with van der Waals surface area (Å²) in [5, 5.41) is 8.49. The Morgan fingerprint density at radius 1 is 1.31 bits per heavy atom. The summed E-state index contributed by atoms with van der Waals surface area (Å²) in [4.78, 5) is 0. The topological polar surface area (TPSA) is 57.9 Å². The molecule has 1 saturated carbocycles. The molecular formula is C9H15NO2S. The summed E-state index contributed by atoms with van der Waals surface area (Å²) in [5.41, 5.74) is 0. The second-order valence-electron chi connectivity index (χ2n) is 4.07. The summed E-state index contributed by atoms with van der Waals surface area (Å²) in [6.07, 6.45) is 3.41. The van der Waals surface area contributed by atoms with E-state index in [0.717, 1.165) is 25.7 Å². The minimum absolute atomic E-state index is 0.276. The van der Waals surface area contributed by atoms with E-state index < -0.39 is 14.6 Å². The molecule has 13 heavy (non-hydrogen) atoms. The second kappa shape index (κ2) is 3.30. The van der Waals surface area contributed by atoms with Crippen molar-refractivity contribution < 1.29 is 8.42 Å². The molecule has 1 rings (SSSR count). The molecule has 0 atom stereocenters. The van der Waals surface area contributed by atoms with E-state index >= 15 is 0 Å². The van der Waals surface area contributed by atoms with Crippen LogP contribution in [0.5, 0.6) is 0 Å². The fourth-order valence-electron chi connectivity index (χ4n) is 1.68. The van der Waals surface area contributed by atoms with Gasteiger partial charge >= 0.3 is 0 Å². The van der Waals surface area contributed by atoms with Gasteiger partial charge in [0.25, 0.3) is 0 Å². The highest BCUT2D eigenvalue weighted by molar-refractivity contribution is 7.93. The van der Waals surface area contributed by atoms with E-state index in [2.05, 4.69) is 0 Å². The zero-order chi connectivity index (χ0) is 10.1. The number of hydrogen-bond acceptors (Lipinski definition) is 3. The normalized spacial score (nSPS) is 20.1. The largest absolute Gasteiger partial charge is 0.227 e. The van der Waals surface area contributed by atoms with E-state index in [4.69, 9.17) is 5.26 Å². The van der Waals surface area contributed by atoms with E-state index in [-0.39, 0.29) is 5.25 Å². The lowest BCUT2D eigenvalue weighted by Crippen LogP contribution is -2.37. The molecule has 0 radical (unpaired) electrons. The van der Waals surface area contributed by atoms with E-state index in [1.807, 2.05) is 6.07 Å². The maximum absolute atomic E-state index is 11.9. The van der Waals surface area contributed by atoms with Crippen molar-refractivity contribution in [1.29, 1.82) is 5.26 Å². The highest BCUT2D eigenvalue weighted by Gasteiger charge is 2.41. The van der Waals surface area contributed by atoms with E-state index in [1.54, 1.807) is 0 Å². The third kappa shape index (κ3) is 1.71. The van der Waals surface area contributed by atoms with Gasteiger partial charge in [-0.15, -0.1) is 0 Å². The van der Waals surface area contributed by atoms with Crippen LogP contribution < -0.4 is 0 Å². The van der Waals surface area contributed by atoms with Crippen LogP contribution in [0.15, 0.2) is 0 Å². The molecule has 4 heteroatoms. The Morgan fingerprint density at radius 2 is 1.77 bits per heavy atom. The van der Waals surface area contributed by atoms with Crippen molar-refractivity contribution in [1.82, 2.24) is 0 Å². The monoisotopic (exact) mass is 201 g/mol. The molecule has 1 aliphatic carbocycles. The Bertz CT molecular complexity index is 318. The summed E-state index contributed by atoms with van der Waals surface area (Å²) in [7, 11) is -3.25. The van der Waals surface area contributed by atoms with E-state index in [9.17, 15) is 8.42 Å². The van der Waals surface area contributed by atoms with Crippen LogP contribution in [0.1, 0.15) is 39.5 Å². The first-order chi connectivity index (χ1) is 5.92. The van der Waals surface area contributed by atoms with Crippen molar-refractivity contribution >= 4 is 9.84 Å². The first kappa shape index (κ1) is 10.5. The highest BCUT2D eigenvalue weighted by Crippen LogP contribution is 2.31. The molecule has 0 heterocycles. The van der Waals surface area contributed by atoms with Crippen molar-refractivity contribution in [2.75, 3.05) is 0 Å². The molecule has 0 unspecified atom stereocenters. The van der Waals surface area contributed by atoms with Crippen LogP contribution in [0.4, 0.5) is 0 Å². The van der Waals surface area contributed by atoms with Gasteiger partial charge in [-0.2, -0.15) is 5.26 Å². The van der Waals surface area contributed by atoms with Crippen LogP contribution in [0.2, 0.25) is 0 Å². The van der Waals surface area contributed by atoms with Crippen molar-refractivity contribution in [3.8, 4) is 6.07 Å². The average Bonchev–Trinajstić information content (AvgIpc) is 2.56. The molecule has 74 valence electrons. The minimum Gasteiger partial charge on any atom is -0.227 e. The van der Waals surface area contributed by atoms with Crippen LogP contribution in [0.3, 0.4) is 0 Å². The first-order valence-corrected chi connectivity index (χ1v) is 6.11. The molecule has 1 aliphatic rings. The second-order valence-corrected chi connectivity index (χ2v) is 6.85. The summed E-state index contributed by atoms with van der Waals surface area (Å²) in [6.45, 7) is 2.97. The standard InChI is InChI=1S/C9H15NO2S/c1-9(2,7-10)13(11,12)8-5-3-4-6-8/h8H,3-6H2,1-2H3. The van der Waals surface area contributed by atoms with Crippen LogP contribution in [0.25, 0.3) is 0 Å². The maximum atomic E-state index is 11.9. The zero-order valence-corrected chi connectivity index (χ0v) is 8.89. The number of rotatable bonds is 2. The van der Waals surface area contributed by atoms with Gasteiger partial charge in [0.05, 0.1) is 11.3 Å². The fraction of sp³-hybridized carbons (Fsp3) is 0.889. The number of nitriles is 1. The summed E-state index contributed by atoms with van der Waals surface area (Å²) in [6, 6.07) is 1.87. The van der Waals surface area contributed by atoms with Crippen LogP contribution >= 0.6 is 0 Å². The highest BCUT2D eigenvalue weighted by atomic mass is 32.2. The molecule has 0 aromatic rings. The van der Waals surface area contributed by atoms with Crippen LogP contribution in [-0.4, -0.2) is 18.4 Å². The molecule has 0 bridgehead atoms. The maximum Gasteiger partial charge on any atom is 0.171 e. The van der Waals surface area contributed by atoms with Gasteiger partial charge in [0.15, 0.2) is 14.6 Å². The van der Waals surface area contributed by atoms with Gasteiger partial charge in [-0.05, 0) is 26.7 Å². The molecule has 1 fully saturated rings. The molecule has 0 saturated heterocycles. The number of sulfone groups is 1. The first-order valence-electron chi connectivity index (χ1n) is 4.56. The predicted octanol–water partition coefficient (Wildman–Crippen LogP) is 1.65. The number of nitrogens with zero attached hydrogens (tertiary/aromatic N) is 1. The zero-order valence-electron chi connectivity index (χ0n) is 8.08. The Kier molecular flexibility index (Phi) is 2.67. The van der Waals surface area contributed by atoms with Crippen molar-refractivity contribution in [2.45, 2.75) is 49.5 Å². The summed E-state index contributed by atoms with van der Waals surface area (Å²) < 4.78 is 22.5. The third-order valence-electron chi connectivity index (χ3n) is 2.72. The fourth-order valence-corrected chi connectivity index (χ4v) is 3.59. The van der Waals surface area contributed by atoms with Gasteiger partial charge in [0, 0.05) is 0 Å². The van der Waals surface area contributed by atoms with Gasteiger partial charge in [-0.25, -0.2) is 8.42 Å². The van der Waals surface area contributed by atoms with Crippen molar-refractivity contribution in [3.63, 3.8) is 0 Å². The Balaban J connectivity index is 2.96. The van der Waals surface area contributed by atoms with Gasteiger partial charge < -0.3 is 0 Å². The van der Waals surface area contributed by atoms with Crippen LogP contribution in [-0.2, 0) is 9.84 Å². The molecule has 3 nitrogen and oxygen atoms in total. The van der Waals surface area contributed by atoms with Gasteiger partial charge in [0.2, 0.25) is 0 Å². The lowest BCUT2D eigenvalue weighted by Gasteiger charge is -2.21. The van der Waals surface area contributed by atoms with Crippen molar-refractivity contribution in [2.24, 2.45) is 0 Å². The Hall–Kier alpha value is -0.560. The third-order valence-corrected chi connectivity index (χ3v) is 5.58. The van der Waals surface area contributed by atoms with E-state index in [1.165, 1.54) is 13.8 Å². The quantitative estimate of drug-likeness (QED) is 0.682. The Morgan fingerprint density at radius 3 is 2.15 bits per heavy atom. The molecule has 0 aromatic carbocycles. The Labute approximate surface area is 79.7 Å². The predicted molar refractivity (Wildman–Crippen MR) is 50.9 cm³/mol. The molecule has 0 amide bonds. The lowest BCUT2D eigenvalue weighted by molar-refractivity contribution is 0.557. The smallest absolute Gasteiger partial charge is 0.171 e. The van der Waals surface area contributed by atoms with Gasteiger partial charge in [-0.1, -0.05) is 12.8 Å². The molecule has 0 N–H and O–H groups in total. The number of hydrogen-bond donors (Lipinski definition) is 0. The van der Waals surface area contributed by atoms with E-state index in [0.29, 0.717) is 0 Å². The SMILES string of the molecule is CC(C)(C#N)S(=O)(=O)C1CCCC1. The summed E-state index contributed by atoms with van der Waals surface area (Å²) in [5.74, 6) is 0. The minimum atomic E-state index is -3.25. The van der Waals surface area contributed by atoms with Gasteiger partial charge in [0.1, 0.15) is 0 Å². The molecular weight excluding hydrogens is 186 g/mol. The summed E-state index contributed by atoms with van der Waals surface area (Å²) >= 11 is 0. The molecule has 0 aliphatic heterocycles.